The molecule has 0 aromatic heterocycles. The minimum atomic E-state index is -1.42. The highest BCUT2D eigenvalue weighted by Gasteiger charge is 2.58. The summed E-state index contributed by atoms with van der Waals surface area (Å²) >= 11 is 0. The van der Waals surface area contributed by atoms with Gasteiger partial charge in [0.15, 0.2) is 0 Å². The predicted octanol–water partition coefficient (Wildman–Crippen LogP) is 3.84. The van der Waals surface area contributed by atoms with Crippen molar-refractivity contribution in [3.05, 3.63) is 30.3 Å². The van der Waals surface area contributed by atoms with Crippen LogP contribution in [0.1, 0.15) is 41.5 Å². The van der Waals surface area contributed by atoms with Gasteiger partial charge in [-0.05, 0) is 53.7 Å². The van der Waals surface area contributed by atoms with E-state index in [1.54, 1.807) is 0 Å². The van der Waals surface area contributed by atoms with E-state index in [1.165, 1.54) is 5.30 Å². The summed E-state index contributed by atoms with van der Waals surface area (Å²) in [6.07, 6.45) is 0.782. The maximum atomic E-state index is 6.26. The van der Waals surface area contributed by atoms with Gasteiger partial charge in [0.05, 0.1) is 22.9 Å². The summed E-state index contributed by atoms with van der Waals surface area (Å²) in [6, 6.07) is 10.9. The molecule has 2 heteroatoms. The number of rotatable bonds is 2. The maximum absolute atomic E-state index is 6.26. The van der Waals surface area contributed by atoms with E-state index >= 15 is 0 Å². The van der Waals surface area contributed by atoms with Gasteiger partial charge in [0.2, 0.25) is 0 Å². The molecule has 0 aliphatic carbocycles. The first-order valence-corrected chi connectivity index (χ1v) is 8.28. The maximum Gasteiger partial charge on any atom is 0.112 e. The molecule has 1 nitrogen and oxygen atoms in total. The monoisotopic (exact) mass is 252 g/mol. The summed E-state index contributed by atoms with van der Waals surface area (Å²) in [5.74, 6) is 0. The van der Waals surface area contributed by atoms with Crippen LogP contribution in [-0.4, -0.2) is 16.6 Å². The third-order valence-corrected chi connectivity index (χ3v) is 10.1. The van der Waals surface area contributed by atoms with Gasteiger partial charge in [0, 0.05) is 0 Å². The van der Waals surface area contributed by atoms with Crippen molar-refractivity contribution in [1.29, 1.82) is 0 Å². The molecule has 0 aliphatic rings. The fraction of sp³-hybridized carbons (Fsp3) is 0.600. The highest BCUT2D eigenvalue weighted by Crippen LogP contribution is 2.74. The Labute approximate surface area is 107 Å². The molecular formula is C15H27NP+. The Morgan fingerprint density at radius 2 is 1.29 bits per heavy atom. The van der Waals surface area contributed by atoms with Gasteiger partial charge in [-0.2, -0.15) is 0 Å². The van der Waals surface area contributed by atoms with Crippen LogP contribution in [0.25, 0.3) is 0 Å². The van der Waals surface area contributed by atoms with Crippen molar-refractivity contribution < 1.29 is 0 Å². The molecule has 0 heterocycles. The molecule has 0 saturated carbocycles. The summed E-state index contributed by atoms with van der Waals surface area (Å²) in [5, 5.41) is 1.94. The standard InChI is InChI=1S/C15H27NP/c1-14(2,3)17(12-16,15(4,5)6)13-10-8-7-9-11-13/h7-11H,12,16H2,1-6H3/q+1. The second-order valence-electron chi connectivity index (χ2n) is 6.67. The Kier molecular flexibility index (Phi) is 4.06. The molecule has 1 rings (SSSR count). The van der Waals surface area contributed by atoms with Gasteiger partial charge in [-0.25, -0.2) is 0 Å². The van der Waals surface area contributed by atoms with Gasteiger partial charge in [0.25, 0.3) is 0 Å². The van der Waals surface area contributed by atoms with E-state index in [1.807, 2.05) is 0 Å². The Hall–Kier alpha value is -0.390. The molecule has 0 saturated heterocycles. The summed E-state index contributed by atoms with van der Waals surface area (Å²) in [5.41, 5.74) is 6.26. The number of nitrogens with two attached hydrogens (primary N) is 1. The molecule has 0 spiro atoms. The minimum absolute atomic E-state index is 0.237. The summed E-state index contributed by atoms with van der Waals surface area (Å²) in [7, 11) is -1.42. The minimum Gasteiger partial charge on any atom is -0.299 e. The normalized spacial score (nSPS) is 13.8. The third-order valence-electron chi connectivity index (χ3n) is 3.76. The Balaban J connectivity index is 3.49. The van der Waals surface area contributed by atoms with Gasteiger partial charge in [-0.3, -0.25) is 5.73 Å². The SMILES string of the molecule is CC(C)(C)[P+](CN)(c1ccccc1)C(C)(C)C. The topological polar surface area (TPSA) is 26.0 Å². The van der Waals surface area contributed by atoms with Gasteiger partial charge in [0.1, 0.15) is 6.29 Å². The third kappa shape index (κ3) is 2.41. The first-order valence-electron chi connectivity index (χ1n) is 6.31. The summed E-state index contributed by atoms with van der Waals surface area (Å²) < 4.78 is 0. The fourth-order valence-electron chi connectivity index (χ4n) is 3.12. The molecule has 0 atom stereocenters. The Bertz CT molecular complexity index is 343. The van der Waals surface area contributed by atoms with Crippen LogP contribution >= 0.6 is 7.26 Å². The number of hydrogen-bond donors (Lipinski definition) is 1. The molecular weight excluding hydrogens is 225 g/mol. The highest BCUT2D eigenvalue weighted by atomic mass is 31.2. The molecule has 0 aliphatic heterocycles. The average molecular weight is 252 g/mol. The summed E-state index contributed by atoms with van der Waals surface area (Å²) in [4.78, 5) is 0. The van der Waals surface area contributed by atoms with E-state index in [4.69, 9.17) is 5.73 Å². The zero-order valence-corrected chi connectivity index (χ0v) is 13.0. The van der Waals surface area contributed by atoms with Gasteiger partial charge >= 0.3 is 0 Å². The van der Waals surface area contributed by atoms with E-state index in [0.29, 0.717) is 0 Å². The Morgan fingerprint density at radius 3 is 1.59 bits per heavy atom. The van der Waals surface area contributed by atoms with E-state index in [-0.39, 0.29) is 10.3 Å². The number of benzene rings is 1. The molecule has 1 aromatic rings. The molecule has 0 radical (unpaired) electrons. The van der Waals surface area contributed by atoms with Crippen LogP contribution in [0.15, 0.2) is 30.3 Å². The predicted molar refractivity (Wildman–Crippen MR) is 81.6 cm³/mol. The number of hydrogen-bond acceptors (Lipinski definition) is 1. The van der Waals surface area contributed by atoms with Crippen molar-refractivity contribution in [2.24, 2.45) is 5.73 Å². The van der Waals surface area contributed by atoms with E-state index in [0.717, 1.165) is 6.29 Å². The van der Waals surface area contributed by atoms with Crippen LogP contribution in [0.3, 0.4) is 0 Å². The van der Waals surface area contributed by atoms with E-state index in [9.17, 15) is 0 Å². The molecule has 1 aromatic carbocycles. The van der Waals surface area contributed by atoms with Crippen LogP contribution in [0.5, 0.6) is 0 Å². The molecule has 0 bridgehead atoms. The van der Waals surface area contributed by atoms with Crippen molar-refractivity contribution in [2.45, 2.75) is 51.9 Å². The van der Waals surface area contributed by atoms with Gasteiger partial charge in [-0.1, -0.05) is 18.2 Å². The highest BCUT2D eigenvalue weighted by molar-refractivity contribution is 7.85. The molecule has 0 unspecified atom stereocenters. The van der Waals surface area contributed by atoms with Crippen molar-refractivity contribution in [3.8, 4) is 0 Å². The van der Waals surface area contributed by atoms with Crippen molar-refractivity contribution >= 4 is 12.6 Å². The molecule has 2 N–H and O–H groups in total. The average Bonchev–Trinajstić information content (AvgIpc) is 2.16. The van der Waals surface area contributed by atoms with Crippen LogP contribution in [-0.2, 0) is 0 Å². The molecule has 96 valence electrons. The van der Waals surface area contributed by atoms with Crippen LogP contribution in [0.2, 0.25) is 0 Å². The molecule has 0 fully saturated rings. The molecule has 0 amide bonds. The Morgan fingerprint density at radius 1 is 0.882 bits per heavy atom. The van der Waals surface area contributed by atoms with Crippen LogP contribution in [0, 0.1) is 0 Å². The van der Waals surface area contributed by atoms with Crippen LogP contribution < -0.4 is 11.0 Å². The van der Waals surface area contributed by atoms with Crippen molar-refractivity contribution in [1.82, 2.24) is 0 Å². The lowest BCUT2D eigenvalue weighted by atomic mass is 10.2. The lowest BCUT2D eigenvalue weighted by Crippen LogP contribution is -2.43. The van der Waals surface area contributed by atoms with Gasteiger partial charge < -0.3 is 0 Å². The van der Waals surface area contributed by atoms with E-state index < -0.39 is 7.26 Å². The smallest absolute Gasteiger partial charge is 0.112 e. The zero-order chi connectivity index (χ0) is 13.3. The lowest BCUT2D eigenvalue weighted by Gasteiger charge is -2.46. The summed E-state index contributed by atoms with van der Waals surface area (Å²) in [6.45, 7) is 14.0. The quantitative estimate of drug-likeness (QED) is 0.795. The first kappa shape index (κ1) is 14.7. The van der Waals surface area contributed by atoms with E-state index in [2.05, 4.69) is 71.9 Å². The second-order valence-corrected chi connectivity index (χ2v) is 11.9. The molecule has 17 heavy (non-hydrogen) atoms. The van der Waals surface area contributed by atoms with Crippen LogP contribution in [0.4, 0.5) is 0 Å². The van der Waals surface area contributed by atoms with Crippen molar-refractivity contribution in [2.75, 3.05) is 6.29 Å². The zero-order valence-electron chi connectivity index (χ0n) is 12.1. The fourth-order valence-corrected chi connectivity index (χ4v) is 8.67. The first-order chi connectivity index (χ1) is 7.67. The lowest BCUT2D eigenvalue weighted by molar-refractivity contribution is 0.691. The van der Waals surface area contributed by atoms with Gasteiger partial charge in [-0.15, -0.1) is 0 Å². The van der Waals surface area contributed by atoms with Crippen molar-refractivity contribution in [3.63, 3.8) is 0 Å². The second kappa shape index (κ2) is 4.71. The largest absolute Gasteiger partial charge is 0.299 e.